The van der Waals surface area contributed by atoms with Gasteiger partial charge in [0.25, 0.3) is 0 Å². The second kappa shape index (κ2) is 9.62. The first-order valence-electron chi connectivity index (χ1n) is 7.89. The van der Waals surface area contributed by atoms with Gasteiger partial charge in [0, 0.05) is 47.6 Å². The van der Waals surface area contributed by atoms with Crippen LogP contribution >= 0.6 is 47.4 Å². The van der Waals surface area contributed by atoms with Crippen LogP contribution in [-0.4, -0.2) is 54.6 Å². The van der Waals surface area contributed by atoms with Crippen molar-refractivity contribution in [1.82, 2.24) is 10.2 Å². The normalized spacial score (nSPS) is 23.9. The molecule has 0 bridgehead atoms. The molecule has 3 rings (SSSR count). The van der Waals surface area contributed by atoms with Crippen molar-refractivity contribution in [2.24, 2.45) is 0 Å². The highest BCUT2D eigenvalue weighted by Crippen LogP contribution is 2.32. The Bertz CT molecular complexity index is 617. The summed E-state index contributed by atoms with van der Waals surface area (Å²) in [5.74, 6) is 1.60. The van der Waals surface area contributed by atoms with E-state index in [0.717, 1.165) is 18.1 Å². The van der Waals surface area contributed by atoms with E-state index in [-0.39, 0.29) is 29.4 Å². The molecule has 0 spiro atoms. The van der Waals surface area contributed by atoms with Crippen LogP contribution in [0.3, 0.4) is 0 Å². The van der Waals surface area contributed by atoms with Gasteiger partial charge >= 0.3 is 0 Å². The maximum atomic E-state index is 13.7. The zero-order valence-corrected chi connectivity index (χ0v) is 16.6. The lowest BCUT2D eigenvalue weighted by Gasteiger charge is -2.35. The summed E-state index contributed by atoms with van der Waals surface area (Å²) in [6.07, 6.45) is 0.0401. The number of ether oxygens (including phenoxy) is 1. The largest absolute Gasteiger partial charge is 0.370 e. The SMILES string of the molecule is Cl.O=C(CC1CSCCN1)N1CCOC(c2cc(F)c(Cl)cc2Cl)C1. The fraction of sp³-hybridized carbons (Fsp3) is 0.562. The number of nitrogens with one attached hydrogen (secondary N) is 1. The van der Waals surface area contributed by atoms with E-state index in [1.165, 1.54) is 12.1 Å². The summed E-state index contributed by atoms with van der Waals surface area (Å²) in [6, 6.07) is 2.89. The summed E-state index contributed by atoms with van der Waals surface area (Å²) in [5, 5.41) is 3.70. The Morgan fingerprint density at radius 3 is 2.92 bits per heavy atom. The minimum absolute atomic E-state index is 0. The molecule has 4 nitrogen and oxygen atoms in total. The Kier molecular flexibility index (Phi) is 8.11. The summed E-state index contributed by atoms with van der Waals surface area (Å²) in [4.78, 5) is 14.3. The van der Waals surface area contributed by atoms with Gasteiger partial charge in [0.2, 0.25) is 5.91 Å². The Morgan fingerprint density at radius 2 is 2.20 bits per heavy atom. The third kappa shape index (κ3) is 5.37. The molecule has 2 unspecified atom stereocenters. The van der Waals surface area contributed by atoms with Crippen molar-refractivity contribution in [3.63, 3.8) is 0 Å². The van der Waals surface area contributed by atoms with Gasteiger partial charge in [-0.25, -0.2) is 4.39 Å². The summed E-state index contributed by atoms with van der Waals surface area (Å²) in [6.45, 7) is 2.26. The molecule has 2 heterocycles. The first-order chi connectivity index (χ1) is 11.5. The summed E-state index contributed by atoms with van der Waals surface area (Å²) in [5.41, 5.74) is 0.530. The van der Waals surface area contributed by atoms with E-state index in [0.29, 0.717) is 36.7 Å². The lowest BCUT2D eigenvalue weighted by atomic mass is 10.1. The van der Waals surface area contributed by atoms with Gasteiger partial charge in [-0.05, 0) is 12.1 Å². The van der Waals surface area contributed by atoms with Crippen LogP contribution < -0.4 is 5.32 Å². The number of morpholine rings is 1. The molecule has 0 aromatic heterocycles. The van der Waals surface area contributed by atoms with Gasteiger partial charge in [0.1, 0.15) is 11.9 Å². The maximum Gasteiger partial charge on any atom is 0.224 e. The molecule has 25 heavy (non-hydrogen) atoms. The first kappa shape index (κ1) is 21.1. The molecular formula is C16H20Cl3FN2O2S. The highest BCUT2D eigenvalue weighted by molar-refractivity contribution is 7.99. The van der Waals surface area contributed by atoms with Crippen molar-refractivity contribution < 1.29 is 13.9 Å². The smallest absolute Gasteiger partial charge is 0.224 e. The van der Waals surface area contributed by atoms with Crippen molar-refractivity contribution >= 4 is 53.3 Å². The van der Waals surface area contributed by atoms with E-state index in [9.17, 15) is 9.18 Å². The molecule has 0 radical (unpaired) electrons. The Labute approximate surface area is 167 Å². The molecule has 140 valence electrons. The molecular weight excluding hydrogens is 410 g/mol. The standard InChI is InChI=1S/C16H19Cl2FN2O2S.ClH/c17-12-7-13(18)14(19)6-11(12)15-8-21(2-3-23-15)16(22)5-10-9-24-4-1-20-10;/h6-7,10,15,20H,1-5,8-9H2;1H. The molecule has 0 aliphatic carbocycles. The lowest BCUT2D eigenvalue weighted by Crippen LogP contribution is -2.46. The fourth-order valence-electron chi connectivity index (χ4n) is 2.94. The number of nitrogens with zero attached hydrogens (tertiary/aromatic N) is 1. The van der Waals surface area contributed by atoms with Gasteiger partial charge in [-0.15, -0.1) is 12.4 Å². The number of rotatable bonds is 3. The number of benzene rings is 1. The number of hydrogen-bond acceptors (Lipinski definition) is 4. The predicted molar refractivity (Wildman–Crippen MR) is 103 cm³/mol. The molecule has 0 saturated carbocycles. The van der Waals surface area contributed by atoms with Gasteiger partial charge in [-0.1, -0.05) is 23.2 Å². The zero-order chi connectivity index (χ0) is 17.1. The number of carbonyl (C=O) groups is 1. The topological polar surface area (TPSA) is 41.6 Å². The van der Waals surface area contributed by atoms with Crippen LogP contribution in [0.1, 0.15) is 18.1 Å². The van der Waals surface area contributed by atoms with Crippen molar-refractivity contribution in [3.05, 3.63) is 33.6 Å². The number of halogens is 4. The van der Waals surface area contributed by atoms with Crippen LogP contribution in [-0.2, 0) is 9.53 Å². The van der Waals surface area contributed by atoms with Crippen LogP contribution in [0.4, 0.5) is 4.39 Å². The second-order valence-electron chi connectivity index (χ2n) is 5.92. The van der Waals surface area contributed by atoms with Crippen molar-refractivity contribution in [2.45, 2.75) is 18.6 Å². The highest BCUT2D eigenvalue weighted by Gasteiger charge is 2.29. The first-order valence-corrected chi connectivity index (χ1v) is 9.80. The van der Waals surface area contributed by atoms with Crippen molar-refractivity contribution in [2.75, 3.05) is 37.7 Å². The monoisotopic (exact) mass is 428 g/mol. The predicted octanol–water partition coefficient (Wildman–Crippen LogP) is 3.55. The number of amides is 1. The minimum Gasteiger partial charge on any atom is -0.370 e. The average molecular weight is 430 g/mol. The Hall–Kier alpha value is -0.240. The van der Waals surface area contributed by atoms with E-state index >= 15 is 0 Å². The lowest BCUT2D eigenvalue weighted by molar-refractivity contribution is -0.139. The third-order valence-corrected chi connectivity index (χ3v) is 5.97. The second-order valence-corrected chi connectivity index (χ2v) is 7.88. The molecule has 2 saturated heterocycles. The third-order valence-electron chi connectivity index (χ3n) is 4.23. The molecule has 2 aliphatic heterocycles. The Morgan fingerprint density at radius 1 is 1.40 bits per heavy atom. The van der Waals surface area contributed by atoms with Crippen LogP contribution in [0.5, 0.6) is 0 Å². The molecule has 1 amide bonds. The summed E-state index contributed by atoms with van der Waals surface area (Å²) in [7, 11) is 0. The van der Waals surface area contributed by atoms with E-state index < -0.39 is 11.9 Å². The molecule has 1 aromatic carbocycles. The van der Waals surface area contributed by atoms with E-state index in [1.807, 2.05) is 11.8 Å². The van der Waals surface area contributed by atoms with Gasteiger partial charge in [0.05, 0.1) is 18.2 Å². The van der Waals surface area contributed by atoms with Crippen LogP contribution in [0, 0.1) is 5.82 Å². The fourth-order valence-corrected chi connectivity index (χ4v) is 4.39. The average Bonchev–Trinajstić information content (AvgIpc) is 2.59. The van der Waals surface area contributed by atoms with Crippen LogP contribution in [0.25, 0.3) is 0 Å². The van der Waals surface area contributed by atoms with Crippen molar-refractivity contribution in [1.29, 1.82) is 0 Å². The van der Waals surface area contributed by atoms with Crippen molar-refractivity contribution in [3.8, 4) is 0 Å². The van der Waals surface area contributed by atoms with E-state index in [4.69, 9.17) is 27.9 Å². The number of carbonyl (C=O) groups excluding carboxylic acids is 1. The minimum atomic E-state index is -0.536. The van der Waals surface area contributed by atoms with Gasteiger partial charge in [-0.3, -0.25) is 4.79 Å². The van der Waals surface area contributed by atoms with Crippen LogP contribution in [0.15, 0.2) is 12.1 Å². The molecule has 2 atom stereocenters. The van der Waals surface area contributed by atoms with E-state index in [2.05, 4.69) is 5.32 Å². The number of thioether (sulfide) groups is 1. The van der Waals surface area contributed by atoms with Gasteiger partial charge in [0.15, 0.2) is 0 Å². The molecule has 9 heteroatoms. The molecule has 1 aromatic rings. The van der Waals surface area contributed by atoms with Gasteiger partial charge in [-0.2, -0.15) is 11.8 Å². The van der Waals surface area contributed by atoms with Gasteiger partial charge < -0.3 is 15.0 Å². The van der Waals surface area contributed by atoms with Crippen LogP contribution in [0.2, 0.25) is 10.0 Å². The molecule has 1 N–H and O–H groups in total. The molecule has 2 aliphatic rings. The highest BCUT2D eigenvalue weighted by atomic mass is 35.5. The zero-order valence-electron chi connectivity index (χ0n) is 13.5. The quantitative estimate of drug-likeness (QED) is 0.746. The van der Waals surface area contributed by atoms with E-state index in [1.54, 1.807) is 4.90 Å². The molecule has 2 fully saturated rings. The summed E-state index contributed by atoms with van der Waals surface area (Å²) < 4.78 is 19.4. The summed E-state index contributed by atoms with van der Waals surface area (Å²) >= 11 is 13.8. The maximum absolute atomic E-state index is 13.7. The Balaban J connectivity index is 0.00000225. The number of hydrogen-bond donors (Lipinski definition) is 1.